The molecule has 0 aliphatic heterocycles. The lowest BCUT2D eigenvalue weighted by Crippen LogP contribution is -2.31. The van der Waals surface area contributed by atoms with Crippen molar-refractivity contribution in [1.29, 1.82) is 0 Å². The first-order chi connectivity index (χ1) is 7.36. The number of carboxylic acids is 1. The summed E-state index contributed by atoms with van der Waals surface area (Å²) in [5.74, 6) is -0.536. The SMILES string of the molecule is CC1(c2cnc(C(C)(C)C(=O)O)nc2)CC1. The van der Waals surface area contributed by atoms with E-state index >= 15 is 0 Å². The Hall–Kier alpha value is -1.45. The fraction of sp³-hybridized carbons (Fsp3) is 0.583. The lowest BCUT2D eigenvalue weighted by Gasteiger charge is -2.17. The van der Waals surface area contributed by atoms with Gasteiger partial charge >= 0.3 is 5.97 Å². The highest BCUT2D eigenvalue weighted by molar-refractivity contribution is 5.78. The van der Waals surface area contributed by atoms with E-state index in [0.717, 1.165) is 18.4 Å². The molecule has 16 heavy (non-hydrogen) atoms. The summed E-state index contributed by atoms with van der Waals surface area (Å²) in [6.07, 6.45) is 5.86. The van der Waals surface area contributed by atoms with Crippen LogP contribution in [-0.4, -0.2) is 21.0 Å². The second kappa shape index (κ2) is 3.27. The Balaban J connectivity index is 2.29. The van der Waals surface area contributed by atoms with E-state index < -0.39 is 11.4 Å². The molecule has 4 heteroatoms. The second-order valence-electron chi connectivity index (χ2n) is 5.29. The van der Waals surface area contributed by atoms with Crippen molar-refractivity contribution in [2.75, 3.05) is 0 Å². The average Bonchev–Trinajstić information content (AvgIpc) is 2.98. The molecule has 0 spiro atoms. The minimum atomic E-state index is -1.02. The number of hydrogen-bond donors (Lipinski definition) is 1. The summed E-state index contributed by atoms with van der Waals surface area (Å²) in [6, 6.07) is 0. The molecule has 1 heterocycles. The van der Waals surface area contributed by atoms with Crippen molar-refractivity contribution in [3.8, 4) is 0 Å². The Labute approximate surface area is 94.7 Å². The predicted octanol–water partition coefficient (Wildman–Crippen LogP) is 1.89. The van der Waals surface area contributed by atoms with Gasteiger partial charge in [-0.3, -0.25) is 4.79 Å². The summed E-state index contributed by atoms with van der Waals surface area (Å²) in [7, 11) is 0. The summed E-state index contributed by atoms with van der Waals surface area (Å²) < 4.78 is 0. The smallest absolute Gasteiger partial charge is 0.316 e. The normalized spacial score (nSPS) is 18.2. The van der Waals surface area contributed by atoms with Crippen molar-refractivity contribution in [2.24, 2.45) is 0 Å². The van der Waals surface area contributed by atoms with E-state index in [2.05, 4.69) is 16.9 Å². The Morgan fingerprint density at radius 3 is 2.25 bits per heavy atom. The summed E-state index contributed by atoms with van der Waals surface area (Å²) >= 11 is 0. The van der Waals surface area contributed by atoms with Gasteiger partial charge in [0, 0.05) is 12.4 Å². The van der Waals surface area contributed by atoms with E-state index in [1.54, 1.807) is 26.2 Å². The molecule has 0 unspecified atom stereocenters. The Kier molecular flexibility index (Phi) is 2.26. The van der Waals surface area contributed by atoms with Crippen LogP contribution in [0.5, 0.6) is 0 Å². The number of aromatic nitrogens is 2. The monoisotopic (exact) mass is 220 g/mol. The van der Waals surface area contributed by atoms with E-state index in [-0.39, 0.29) is 5.41 Å². The van der Waals surface area contributed by atoms with Gasteiger partial charge < -0.3 is 5.11 Å². The lowest BCUT2D eigenvalue weighted by atomic mass is 9.92. The molecule has 1 aromatic heterocycles. The van der Waals surface area contributed by atoms with Crippen molar-refractivity contribution in [3.63, 3.8) is 0 Å². The summed E-state index contributed by atoms with van der Waals surface area (Å²) in [5.41, 5.74) is 0.312. The van der Waals surface area contributed by atoms with E-state index in [1.165, 1.54) is 0 Å². The van der Waals surface area contributed by atoms with Crippen LogP contribution in [0.25, 0.3) is 0 Å². The van der Waals surface area contributed by atoms with Crippen LogP contribution in [0.2, 0.25) is 0 Å². The third-order valence-corrected chi connectivity index (χ3v) is 3.44. The van der Waals surface area contributed by atoms with Crippen molar-refractivity contribution >= 4 is 5.97 Å². The van der Waals surface area contributed by atoms with Crippen LogP contribution in [0.1, 0.15) is 45.0 Å². The van der Waals surface area contributed by atoms with E-state index in [4.69, 9.17) is 5.11 Å². The van der Waals surface area contributed by atoms with Gasteiger partial charge in [-0.2, -0.15) is 0 Å². The molecule has 0 saturated heterocycles. The molecule has 1 aromatic rings. The van der Waals surface area contributed by atoms with Crippen molar-refractivity contribution in [3.05, 3.63) is 23.8 Å². The third kappa shape index (κ3) is 1.68. The second-order valence-corrected chi connectivity index (χ2v) is 5.29. The van der Waals surface area contributed by atoms with E-state index in [1.807, 2.05) is 0 Å². The van der Waals surface area contributed by atoms with Crippen LogP contribution >= 0.6 is 0 Å². The third-order valence-electron chi connectivity index (χ3n) is 3.44. The van der Waals surface area contributed by atoms with Crippen LogP contribution < -0.4 is 0 Å². The average molecular weight is 220 g/mol. The number of hydrogen-bond acceptors (Lipinski definition) is 3. The first-order valence-corrected chi connectivity index (χ1v) is 5.43. The van der Waals surface area contributed by atoms with Gasteiger partial charge in [0.1, 0.15) is 11.2 Å². The predicted molar refractivity (Wildman–Crippen MR) is 59.3 cm³/mol. The molecule has 0 bridgehead atoms. The summed E-state index contributed by atoms with van der Waals surface area (Å²) in [5, 5.41) is 9.06. The highest BCUT2D eigenvalue weighted by Gasteiger charge is 2.40. The molecule has 0 amide bonds. The van der Waals surface area contributed by atoms with Crippen molar-refractivity contribution in [1.82, 2.24) is 9.97 Å². The molecule has 86 valence electrons. The fourth-order valence-corrected chi connectivity index (χ4v) is 1.53. The summed E-state index contributed by atoms with van der Waals surface area (Å²) in [6.45, 7) is 5.40. The quantitative estimate of drug-likeness (QED) is 0.844. The number of carboxylic acid groups (broad SMARTS) is 1. The molecule has 0 radical (unpaired) electrons. The van der Waals surface area contributed by atoms with E-state index in [9.17, 15) is 4.79 Å². The number of aliphatic carboxylic acids is 1. The highest BCUT2D eigenvalue weighted by atomic mass is 16.4. The van der Waals surface area contributed by atoms with Gasteiger partial charge in [0.15, 0.2) is 0 Å². The minimum Gasteiger partial charge on any atom is -0.481 e. The van der Waals surface area contributed by atoms with Crippen LogP contribution in [0.3, 0.4) is 0 Å². The molecule has 1 saturated carbocycles. The van der Waals surface area contributed by atoms with Crippen molar-refractivity contribution in [2.45, 2.75) is 44.4 Å². The maximum atomic E-state index is 11.0. The maximum Gasteiger partial charge on any atom is 0.316 e. The van der Waals surface area contributed by atoms with Crippen LogP contribution in [-0.2, 0) is 15.6 Å². The Bertz CT molecular complexity index is 419. The molecular weight excluding hydrogens is 204 g/mol. The van der Waals surface area contributed by atoms with Gasteiger partial charge in [-0.05, 0) is 37.7 Å². The molecule has 4 nitrogen and oxygen atoms in total. The largest absolute Gasteiger partial charge is 0.481 e. The molecular formula is C12H16N2O2. The fourth-order valence-electron chi connectivity index (χ4n) is 1.53. The Morgan fingerprint density at radius 1 is 1.38 bits per heavy atom. The minimum absolute atomic E-state index is 0.228. The highest BCUT2D eigenvalue weighted by Crippen LogP contribution is 2.47. The maximum absolute atomic E-state index is 11.0. The molecule has 1 aliphatic carbocycles. The number of rotatable bonds is 3. The lowest BCUT2D eigenvalue weighted by molar-refractivity contribution is -0.142. The van der Waals surface area contributed by atoms with Gasteiger partial charge in [0.05, 0.1) is 0 Å². The number of nitrogens with zero attached hydrogens (tertiary/aromatic N) is 2. The first kappa shape index (κ1) is 11.0. The van der Waals surface area contributed by atoms with Crippen LogP contribution in [0.15, 0.2) is 12.4 Å². The van der Waals surface area contributed by atoms with Gasteiger partial charge in [-0.1, -0.05) is 6.92 Å². The van der Waals surface area contributed by atoms with Crippen LogP contribution in [0.4, 0.5) is 0 Å². The topological polar surface area (TPSA) is 63.1 Å². The molecule has 0 aromatic carbocycles. The number of carbonyl (C=O) groups is 1. The zero-order valence-corrected chi connectivity index (χ0v) is 9.82. The van der Waals surface area contributed by atoms with E-state index in [0.29, 0.717) is 5.82 Å². The first-order valence-electron chi connectivity index (χ1n) is 5.43. The molecule has 1 N–H and O–H groups in total. The van der Waals surface area contributed by atoms with Gasteiger partial charge in [0.2, 0.25) is 0 Å². The van der Waals surface area contributed by atoms with Crippen LogP contribution in [0, 0.1) is 0 Å². The Morgan fingerprint density at radius 2 is 1.88 bits per heavy atom. The molecule has 0 atom stereocenters. The molecule has 1 fully saturated rings. The van der Waals surface area contributed by atoms with Gasteiger partial charge in [0.25, 0.3) is 0 Å². The van der Waals surface area contributed by atoms with Crippen molar-refractivity contribution < 1.29 is 9.90 Å². The van der Waals surface area contributed by atoms with Gasteiger partial charge in [-0.25, -0.2) is 9.97 Å². The zero-order chi connectivity index (χ0) is 12.0. The summed E-state index contributed by atoms with van der Waals surface area (Å²) in [4.78, 5) is 19.4. The zero-order valence-electron chi connectivity index (χ0n) is 9.82. The molecule has 2 rings (SSSR count). The molecule has 1 aliphatic rings. The standard InChI is InChI=1S/C12H16N2O2/c1-11(2,10(15)16)9-13-6-8(7-14-9)12(3)4-5-12/h6-7H,4-5H2,1-3H3,(H,15,16). The van der Waals surface area contributed by atoms with Gasteiger partial charge in [-0.15, -0.1) is 0 Å².